The van der Waals surface area contributed by atoms with Gasteiger partial charge in [-0.1, -0.05) is 31.5 Å². The first-order valence-corrected chi connectivity index (χ1v) is 6.09. The fraction of sp³-hybridized carbons (Fsp3) is 0.357. The van der Waals surface area contributed by atoms with Crippen LogP contribution in [0.5, 0.6) is 0 Å². The molecule has 2 rings (SSSR count). The van der Waals surface area contributed by atoms with Crippen LogP contribution in [0, 0.1) is 6.92 Å². The maximum absolute atomic E-state index is 4.69. The third-order valence-electron chi connectivity index (χ3n) is 2.94. The summed E-state index contributed by atoms with van der Waals surface area (Å²) in [5.41, 5.74) is 3.53. The van der Waals surface area contributed by atoms with Gasteiger partial charge in [-0.3, -0.25) is 0 Å². The van der Waals surface area contributed by atoms with E-state index in [0.29, 0.717) is 0 Å². The Morgan fingerprint density at radius 3 is 2.53 bits per heavy atom. The van der Waals surface area contributed by atoms with Gasteiger partial charge in [0, 0.05) is 12.6 Å². The van der Waals surface area contributed by atoms with Crippen LogP contribution < -0.4 is 5.32 Å². The number of para-hydroxylation sites is 1. The van der Waals surface area contributed by atoms with Crippen LogP contribution in [-0.2, 0) is 6.42 Å². The van der Waals surface area contributed by atoms with Gasteiger partial charge in [-0.05, 0) is 25.5 Å². The van der Waals surface area contributed by atoms with Gasteiger partial charge in [0.05, 0.1) is 11.4 Å². The highest BCUT2D eigenvalue weighted by Gasteiger charge is 2.13. The van der Waals surface area contributed by atoms with E-state index in [1.54, 1.807) is 0 Å². The average Bonchev–Trinajstić information content (AvgIpc) is 2.68. The van der Waals surface area contributed by atoms with Crippen LogP contribution >= 0.6 is 0 Å². The molecule has 0 fully saturated rings. The predicted octanol–water partition coefficient (Wildman–Crippen LogP) is 3.17. The molecule has 0 amide bonds. The summed E-state index contributed by atoms with van der Waals surface area (Å²) in [5.74, 6) is 1.08. The van der Waals surface area contributed by atoms with Crippen molar-refractivity contribution in [1.82, 2.24) is 9.78 Å². The van der Waals surface area contributed by atoms with E-state index in [4.69, 9.17) is 5.10 Å². The second-order valence-electron chi connectivity index (χ2n) is 4.17. The summed E-state index contributed by atoms with van der Waals surface area (Å²) >= 11 is 0. The van der Waals surface area contributed by atoms with Crippen molar-refractivity contribution < 1.29 is 0 Å². The first-order chi connectivity index (χ1) is 8.27. The molecule has 0 saturated heterocycles. The lowest BCUT2D eigenvalue weighted by molar-refractivity contribution is 0.807. The van der Waals surface area contributed by atoms with E-state index in [2.05, 4.69) is 31.3 Å². The number of nitrogens with zero attached hydrogens (tertiary/aromatic N) is 2. The molecule has 1 heterocycles. The van der Waals surface area contributed by atoms with E-state index in [-0.39, 0.29) is 0 Å². The van der Waals surface area contributed by atoms with E-state index < -0.39 is 0 Å². The van der Waals surface area contributed by atoms with Gasteiger partial charge in [-0.15, -0.1) is 0 Å². The van der Waals surface area contributed by atoms with Crippen LogP contribution in [0.25, 0.3) is 5.69 Å². The van der Waals surface area contributed by atoms with Crippen molar-refractivity contribution in [2.75, 3.05) is 12.4 Å². The smallest absolute Gasteiger partial charge is 0.132 e. The minimum Gasteiger partial charge on any atom is -0.373 e. The summed E-state index contributed by atoms with van der Waals surface area (Å²) in [6.07, 6.45) is 2.15. The Hall–Kier alpha value is -1.77. The van der Waals surface area contributed by atoms with Gasteiger partial charge in [0.15, 0.2) is 0 Å². The normalized spacial score (nSPS) is 10.5. The second kappa shape index (κ2) is 5.04. The molecule has 17 heavy (non-hydrogen) atoms. The molecule has 0 bridgehead atoms. The highest BCUT2D eigenvalue weighted by molar-refractivity contribution is 5.52. The molecule has 0 unspecified atom stereocenters. The summed E-state index contributed by atoms with van der Waals surface area (Å²) in [4.78, 5) is 0. The molecule has 0 aliphatic rings. The summed E-state index contributed by atoms with van der Waals surface area (Å²) in [6, 6.07) is 10.2. The maximum atomic E-state index is 4.69. The summed E-state index contributed by atoms with van der Waals surface area (Å²) < 4.78 is 1.99. The minimum atomic E-state index is 1.03. The lowest BCUT2D eigenvalue weighted by Gasteiger charge is -2.06. The van der Waals surface area contributed by atoms with Crippen molar-refractivity contribution in [3.8, 4) is 5.69 Å². The van der Waals surface area contributed by atoms with Crippen LogP contribution in [0.4, 0.5) is 5.82 Å². The Bertz CT molecular complexity index is 486. The molecular formula is C14H19N3. The van der Waals surface area contributed by atoms with Crippen molar-refractivity contribution in [2.24, 2.45) is 0 Å². The third-order valence-corrected chi connectivity index (χ3v) is 2.94. The molecule has 0 aliphatic heterocycles. The van der Waals surface area contributed by atoms with Gasteiger partial charge >= 0.3 is 0 Å². The highest BCUT2D eigenvalue weighted by atomic mass is 15.3. The van der Waals surface area contributed by atoms with Gasteiger partial charge in [-0.2, -0.15) is 5.10 Å². The Balaban J connectivity index is 2.50. The van der Waals surface area contributed by atoms with Gasteiger partial charge < -0.3 is 5.32 Å². The van der Waals surface area contributed by atoms with E-state index in [9.17, 15) is 0 Å². The first kappa shape index (κ1) is 11.7. The van der Waals surface area contributed by atoms with Gasteiger partial charge in [0.2, 0.25) is 0 Å². The molecule has 0 atom stereocenters. The molecule has 1 N–H and O–H groups in total. The van der Waals surface area contributed by atoms with Crippen molar-refractivity contribution in [1.29, 1.82) is 0 Å². The van der Waals surface area contributed by atoms with Crippen LogP contribution in [-0.4, -0.2) is 16.8 Å². The third kappa shape index (κ3) is 2.18. The second-order valence-corrected chi connectivity index (χ2v) is 4.17. The monoisotopic (exact) mass is 229 g/mol. The summed E-state index contributed by atoms with van der Waals surface area (Å²) in [6.45, 7) is 4.31. The molecule has 0 spiro atoms. The summed E-state index contributed by atoms with van der Waals surface area (Å²) in [5, 5.41) is 7.94. The summed E-state index contributed by atoms with van der Waals surface area (Å²) in [7, 11) is 1.94. The quantitative estimate of drug-likeness (QED) is 0.872. The van der Waals surface area contributed by atoms with Crippen molar-refractivity contribution in [2.45, 2.75) is 26.7 Å². The zero-order valence-electron chi connectivity index (χ0n) is 10.7. The molecular weight excluding hydrogens is 210 g/mol. The Morgan fingerprint density at radius 2 is 1.94 bits per heavy atom. The standard InChI is InChI=1S/C14H19N3/c1-4-8-13-11(2)14(15-3)17(16-13)12-9-6-5-7-10-12/h5-7,9-10,15H,4,8H2,1-3H3. The van der Waals surface area contributed by atoms with Crippen LogP contribution in [0.1, 0.15) is 24.6 Å². The first-order valence-electron chi connectivity index (χ1n) is 6.09. The predicted molar refractivity (Wildman–Crippen MR) is 71.8 cm³/mol. The molecule has 2 aromatic rings. The van der Waals surface area contributed by atoms with Crippen molar-refractivity contribution >= 4 is 5.82 Å². The Morgan fingerprint density at radius 1 is 1.24 bits per heavy atom. The molecule has 3 nitrogen and oxygen atoms in total. The zero-order valence-corrected chi connectivity index (χ0v) is 10.7. The maximum Gasteiger partial charge on any atom is 0.132 e. The van der Waals surface area contributed by atoms with Gasteiger partial charge in [0.1, 0.15) is 5.82 Å². The van der Waals surface area contributed by atoms with E-state index >= 15 is 0 Å². The average molecular weight is 229 g/mol. The Kier molecular flexibility index (Phi) is 3.47. The number of rotatable bonds is 4. The fourth-order valence-electron chi connectivity index (χ4n) is 2.06. The largest absolute Gasteiger partial charge is 0.373 e. The number of hydrogen-bond donors (Lipinski definition) is 1. The number of anilines is 1. The Labute approximate surface area is 102 Å². The topological polar surface area (TPSA) is 29.9 Å². The van der Waals surface area contributed by atoms with Crippen LogP contribution in [0.3, 0.4) is 0 Å². The molecule has 0 radical (unpaired) electrons. The number of nitrogens with one attached hydrogen (secondary N) is 1. The number of hydrogen-bond acceptors (Lipinski definition) is 2. The number of aromatic nitrogens is 2. The number of benzene rings is 1. The van der Waals surface area contributed by atoms with Gasteiger partial charge in [-0.25, -0.2) is 4.68 Å². The molecule has 0 aliphatic carbocycles. The molecule has 0 saturated carbocycles. The van der Waals surface area contributed by atoms with Crippen molar-refractivity contribution in [3.05, 3.63) is 41.6 Å². The highest BCUT2D eigenvalue weighted by Crippen LogP contribution is 2.23. The van der Waals surface area contributed by atoms with Crippen LogP contribution in [0.15, 0.2) is 30.3 Å². The molecule has 3 heteroatoms. The SMILES string of the molecule is CCCc1nn(-c2ccccc2)c(NC)c1C. The lowest BCUT2D eigenvalue weighted by Crippen LogP contribution is -2.02. The minimum absolute atomic E-state index is 1.03. The molecule has 1 aromatic carbocycles. The van der Waals surface area contributed by atoms with Crippen LogP contribution in [0.2, 0.25) is 0 Å². The van der Waals surface area contributed by atoms with E-state index in [0.717, 1.165) is 24.3 Å². The zero-order chi connectivity index (χ0) is 12.3. The number of aryl methyl sites for hydroxylation is 1. The molecule has 90 valence electrons. The lowest BCUT2D eigenvalue weighted by atomic mass is 10.2. The molecule has 1 aromatic heterocycles. The fourth-order valence-corrected chi connectivity index (χ4v) is 2.06. The van der Waals surface area contributed by atoms with E-state index in [1.807, 2.05) is 29.9 Å². The van der Waals surface area contributed by atoms with Crippen molar-refractivity contribution in [3.63, 3.8) is 0 Å². The van der Waals surface area contributed by atoms with E-state index in [1.165, 1.54) is 11.3 Å². The van der Waals surface area contributed by atoms with Gasteiger partial charge in [0.25, 0.3) is 0 Å².